The Bertz CT molecular complexity index is 856. The van der Waals surface area contributed by atoms with Crippen LogP contribution in [0.2, 0.25) is 5.02 Å². The van der Waals surface area contributed by atoms with E-state index in [0.29, 0.717) is 6.07 Å². The van der Waals surface area contributed by atoms with Gasteiger partial charge in [0.15, 0.2) is 0 Å². The van der Waals surface area contributed by atoms with E-state index in [-0.39, 0.29) is 9.50 Å². The molecular weight excluding hydrogens is 426 g/mol. The number of hydrogen-bond donors (Lipinski definition) is 1. The topological polar surface area (TPSA) is 46.2 Å². The molecule has 1 N–H and O–H groups in total. The number of nitrogens with one attached hydrogen (secondary N) is 1. The second kappa shape index (κ2) is 6.29. The van der Waals surface area contributed by atoms with Gasteiger partial charge >= 0.3 is 6.18 Å². The Kier molecular flexibility index (Phi) is 4.93. The van der Waals surface area contributed by atoms with E-state index >= 15 is 0 Å². The van der Waals surface area contributed by atoms with Crippen molar-refractivity contribution < 1.29 is 26.0 Å². The molecule has 0 aromatic heterocycles. The van der Waals surface area contributed by atoms with Gasteiger partial charge in [-0.05, 0) is 52.3 Å². The zero-order chi connectivity index (χ0) is 17.4. The van der Waals surface area contributed by atoms with Crippen LogP contribution in [0.5, 0.6) is 0 Å². The maximum atomic E-state index is 13.4. The second-order valence-electron chi connectivity index (χ2n) is 4.37. The van der Waals surface area contributed by atoms with Crippen LogP contribution in [-0.2, 0) is 16.2 Å². The first kappa shape index (κ1) is 18.0. The van der Waals surface area contributed by atoms with E-state index in [0.717, 1.165) is 30.3 Å². The third kappa shape index (κ3) is 4.15. The Labute approximate surface area is 142 Å². The van der Waals surface area contributed by atoms with Crippen molar-refractivity contribution in [2.45, 2.75) is 11.1 Å². The molecule has 2 aromatic rings. The Morgan fingerprint density at radius 3 is 2.30 bits per heavy atom. The Balaban J connectivity index is 2.42. The number of hydrogen-bond acceptors (Lipinski definition) is 2. The van der Waals surface area contributed by atoms with Gasteiger partial charge < -0.3 is 0 Å². The molecule has 0 atom stereocenters. The summed E-state index contributed by atoms with van der Waals surface area (Å²) in [7, 11) is -4.30. The standard InChI is InChI=1S/C13H7BrClF4NO2S/c14-9-3-2-8(6-11(9)16)23(21,22)20-12-5-7(13(17,18)19)1-4-10(12)15/h1-6,20H. The molecule has 0 radical (unpaired) electrons. The summed E-state index contributed by atoms with van der Waals surface area (Å²) < 4.78 is 77.7. The van der Waals surface area contributed by atoms with Crippen molar-refractivity contribution in [3.05, 3.63) is 57.3 Å². The number of benzene rings is 2. The average Bonchev–Trinajstić information content (AvgIpc) is 2.42. The molecule has 23 heavy (non-hydrogen) atoms. The van der Waals surface area contributed by atoms with Gasteiger partial charge in [-0.25, -0.2) is 12.8 Å². The van der Waals surface area contributed by atoms with Crippen LogP contribution in [0.1, 0.15) is 5.56 Å². The van der Waals surface area contributed by atoms with E-state index in [9.17, 15) is 26.0 Å². The van der Waals surface area contributed by atoms with Gasteiger partial charge in [0.25, 0.3) is 10.0 Å². The van der Waals surface area contributed by atoms with Crippen molar-refractivity contribution >= 4 is 43.2 Å². The van der Waals surface area contributed by atoms with Crippen LogP contribution in [0.3, 0.4) is 0 Å². The molecule has 0 saturated carbocycles. The lowest BCUT2D eigenvalue weighted by molar-refractivity contribution is -0.137. The van der Waals surface area contributed by atoms with Gasteiger partial charge in [-0.1, -0.05) is 11.6 Å². The lowest BCUT2D eigenvalue weighted by atomic mass is 10.2. The third-order valence-corrected chi connectivity index (χ3v) is 5.08. The molecule has 0 amide bonds. The highest BCUT2D eigenvalue weighted by molar-refractivity contribution is 9.10. The van der Waals surface area contributed by atoms with Crippen molar-refractivity contribution in [3.8, 4) is 0 Å². The van der Waals surface area contributed by atoms with Gasteiger partial charge in [0.2, 0.25) is 0 Å². The first-order valence-electron chi connectivity index (χ1n) is 5.85. The minimum absolute atomic E-state index is 0.0496. The van der Waals surface area contributed by atoms with Crippen LogP contribution >= 0.6 is 27.5 Å². The number of alkyl halides is 3. The number of halogens is 6. The summed E-state index contributed by atoms with van der Waals surface area (Å²) in [5, 5.41) is -0.223. The molecule has 2 aromatic carbocycles. The number of rotatable bonds is 3. The van der Waals surface area contributed by atoms with Crippen molar-refractivity contribution in [1.82, 2.24) is 0 Å². The molecule has 0 aliphatic heterocycles. The maximum Gasteiger partial charge on any atom is 0.416 e. The average molecular weight is 433 g/mol. The summed E-state index contributed by atoms with van der Waals surface area (Å²) in [5.74, 6) is -0.831. The molecule has 0 unspecified atom stereocenters. The highest BCUT2D eigenvalue weighted by Gasteiger charge is 2.31. The molecular formula is C13H7BrClF4NO2S. The third-order valence-electron chi connectivity index (χ3n) is 2.74. The fourth-order valence-corrected chi connectivity index (χ4v) is 3.18. The van der Waals surface area contributed by atoms with Gasteiger partial charge in [-0.2, -0.15) is 13.2 Å². The van der Waals surface area contributed by atoms with Crippen molar-refractivity contribution in [1.29, 1.82) is 0 Å². The van der Waals surface area contributed by atoms with E-state index in [1.807, 2.05) is 4.72 Å². The number of anilines is 1. The fraction of sp³-hybridized carbons (Fsp3) is 0.0769. The molecule has 0 aliphatic carbocycles. The van der Waals surface area contributed by atoms with E-state index in [4.69, 9.17) is 11.6 Å². The quantitative estimate of drug-likeness (QED) is 0.689. The molecule has 0 fully saturated rings. The smallest absolute Gasteiger partial charge is 0.278 e. The molecule has 10 heteroatoms. The van der Waals surface area contributed by atoms with Gasteiger partial charge in [0, 0.05) is 0 Å². The fourth-order valence-electron chi connectivity index (χ4n) is 1.63. The van der Waals surface area contributed by atoms with Crippen LogP contribution in [0.25, 0.3) is 0 Å². The van der Waals surface area contributed by atoms with Gasteiger partial charge in [0.1, 0.15) is 5.82 Å². The van der Waals surface area contributed by atoms with E-state index in [1.54, 1.807) is 0 Å². The highest BCUT2D eigenvalue weighted by Crippen LogP contribution is 2.34. The predicted octanol–water partition coefficient (Wildman–Crippen LogP) is 5.06. The van der Waals surface area contributed by atoms with E-state index in [2.05, 4.69) is 15.9 Å². The first-order valence-corrected chi connectivity index (χ1v) is 8.51. The van der Waals surface area contributed by atoms with E-state index in [1.165, 1.54) is 0 Å². The zero-order valence-electron chi connectivity index (χ0n) is 11.0. The van der Waals surface area contributed by atoms with Crippen LogP contribution in [0, 0.1) is 5.82 Å². The molecule has 124 valence electrons. The minimum atomic E-state index is -4.66. The zero-order valence-corrected chi connectivity index (χ0v) is 14.1. The second-order valence-corrected chi connectivity index (χ2v) is 7.32. The summed E-state index contributed by atoms with van der Waals surface area (Å²) in [6, 6.07) is 5.20. The summed E-state index contributed by atoms with van der Waals surface area (Å²) in [5.41, 5.74) is -1.52. The predicted molar refractivity (Wildman–Crippen MR) is 81.4 cm³/mol. The van der Waals surface area contributed by atoms with Gasteiger partial charge in [0.05, 0.1) is 25.6 Å². The van der Waals surface area contributed by atoms with Gasteiger partial charge in [-0.3, -0.25) is 4.72 Å². The Morgan fingerprint density at radius 2 is 1.74 bits per heavy atom. The molecule has 0 spiro atoms. The highest BCUT2D eigenvalue weighted by atomic mass is 79.9. The summed E-state index contributed by atoms with van der Waals surface area (Å²) >= 11 is 8.59. The summed E-state index contributed by atoms with van der Waals surface area (Å²) in [6.07, 6.45) is -4.66. The molecule has 0 heterocycles. The molecule has 2 rings (SSSR count). The molecule has 0 bridgehead atoms. The summed E-state index contributed by atoms with van der Waals surface area (Å²) in [6.45, 7) is 0. The van der Waals surface area contributed by atoms with Crippen LogP contribution in [0.15, 0.2) is 45.8 Å². The Hall–Kier alpha value is -1.32. The largest absolute Gasteiger partial charge is 0.416 e. The lowest BCUT2D eigenvalue weighted by Crippen LogP contribution is -2.14. The molecule has 0 saturated heterocycles. The van der Waals surface area contributed by atoms with Crippen molar-refractivity contribution in [2.75, 3.05) is 4.72 Å². The first-order chi connectivity index (χ1) is 10.5. The van der Waals surface area contributed by atoms with Crippen molar-refractivity contribution in [3.63, 3.8) is 0 Å². The molecule has 0 aliphatic rings. The van der Waals surface area contributed by atoms with E-state index < -0.39 is 38.2 Å². The Morgan fingerprint density at radius 1 is 1.09 bits per heavy atom. The van der Waals surface area contributed by atoms with Crippen molar-refractivity contribution in [2.24, 2.45) is 0 Å². The van der Waals surface area contributed by atoms with Gasteiger partial charge in [-0.15, -0.1) is 0 Å². The van der Waals surface area contributed by atoms with Crippen LogP contribution < -0.4 is 4.72 Å². The van der Waals surface area contributed by atoms with Crippen LogP contribution in [0.4, 0.5) is 23.2 Å². The maximum absolute atomic E-state index is 13.4. The lowest BCUT2D eigenvalue weighted by Gasteiger charge is -2.13. The minimum Gasteiger partial charge on any atom is -0.278 e. The number of sulfonamides is 1. The normalized spacial score (nSPS) is 12.3. The molecule has 3 nitrogen and oxygen atoms in total. The SMILES string of the molecule is O=S(=O)(Nc1cc(C(F)(F)F)ccc1Cl)c1ccc(Br)c(F)c1. The van der Waals surface area contributed by atoms with Crippen LogP contribution in [-0.4, -0.2) is 8.42 Å². The summed E-state index contributed by atoms with van der Waals surface area (Å²) in [4.78, 5) is -0.452. The monoisotopic (exact) mass is 431 g/mol.